The molecule has 2 aliphatic rings. The van der Waals surface area contributed by atoms with E-state index in [1.165, 1.54) is 90.3 Å². The van der Waals surface area contributed by atoms with E-state index in [0.717, 1.165) is 31.1 Å². The van der Waals surface area contributed by atoms with Gasteiger partial charge in [-0.3, -0.25) is 0 Å². The topological polar surface area (TPSA) is 30.9 Å². The highest BCUT2D eigenvalue weighted by Gasteiger charge is 2.20. The second-order valence-corrected chi connectivity index (χ2v) is 8.63. The van der Waals surface area contributed by atoms with E-state index in [0.29, 0.717) is 6.61 Å². The molecule has 1 fully saturated rings. The van der Waals surface area contributed by atoms with Gasteiger partial charge in [-0.1, -0.05) is 57.1 Å². The SMILES string of the molecule is c1ccc2c(c1)OC[C@H](CCOCCCCCCCCCCN1CCCCC1)O2. The monoisotopic (exact) mass is 403 g/mol. The van der Waals surface area contributed by atoms with Crippen LogP contribution in [0.15, 0.2) is 24.3 Å². The van der Waals surface area contributed by atoms with Gasteiger partial charge in [-0.25, -0.2) is 0 Å². The van der Waals surface area contributed by atoms with Crippen molar-refractivity contribution in [2.75, 3.05) is 39.5 Å². The first kappa shape index (κ1) is 22.4. The molecule has 0 amide bonds. The number of likely N-dealkylation sites (tertiary alicyclic amines) is 1. The summed E-state index contributed by atoms with van der Waals surface area (Å²) in [5.74, 6) is 1.71. The molecule has 0 spiro atoms. The first-order chi connectivity index (χ1) is 14.4. The molecule has 3 rings (SSSR count). The molecule has 0 unspecified atom stereocenters. The van der Waals surface area contributed by atoms with Crippen LogP contribution in [-0.2, 0) is 4.74 Å². The van der Waals surface area contributed by atoms with Crippen LogP contribution in [0.2, 0.25) is 0 Å². The van der Waals surface area contributed by atoms with Crippen molar-refractivity contribution in [3.63, 3.8) is 0 Å². The minimum atomic E-state index is 0.111. The van der Waals surface area contributed by atoms with Gasteiger partial charge >= 0.3 is 0 Å². The highest BCUT2D eigenvalue weighted by molar-refractivity contribution is 5.40. The van der Waals surface area contributed by atoms with Crippen molar-refractivity contribution >= 4 is 0 Å². The van der Waals surface area contributed by atoms with Crippen LogP contribution in [0.1, 0.15) is 77.0 Å². The molecule has 164 valence electrons. The van der Waals surface area contributed by atoms with Crippen molar-refractivity contribution in [2.24, 2.45) is 0 Å². The number of fused-ring (bicyclic) bond motifs is 1. The van der Waals surface area contributed by atoms with E-state index in [4.69, 9.17) is 14.2 Å². The van der Waals surface area contributed by atoms with E-state index in [1.54, 1.807) is 0 Å². The van der Waals surface area contributed by atoms with Gasteiger partial charge in [-0.15, -0.1) is 0 Å². The summed E-state index contributed by atoms with van der Waals surface area (Å²) in [6.07, 6.45) is 16.1. The summed E-state index contributed by atoms with van der Waals surface area (Å²) in [4.78, 5) is 2.66. The van der Waals surface area contributed by atoms with Crippen LogP contribution in [0.3, 0.4) is 0 Å². The molecule has 0 radical (unpaired) electrons. The van der Waals surface area contributed by atoms with E-state index in [2.05, 4.69) is 4.90 Å². The second kappa shape index (κ2) is 13.9. The Balaban J connectivity index is 1.05. The lowest BCUT2D eigenvalue weighted by Gasteiger charge is -2.26. The lowest BCUT2D eigenvalue weighted by atomic mass is 10.1. The molecule has 0 aliphatic carbocycles. The van der Waals surface area contributed by atoms with Gasteiger partial charge in [0.2, 0.25) is 0 Å². The zero-order valence-corrected chi connectivity index (χ0v) is 18.3. The quantitative estimate of drug-likeness (QED) is 0.365. The number of hydrogen-bond donors (Lipinski definition) is 0. The van der Waals surface area contributed by atoms with Crippen LogP contribution >= 0.6 is 0 Å². The van der Waals surface area contributed by atoms with Crippen molar-refractivity contribution in [2.45, 2.75) is 83.2 Å². The number of benzene rings is 1. The first-order valence-corrected chi connectivity index (χ1v) is 12.1. The summed E-state index contributed by atoms with van der Waals surface area (Å²) in [5.41, 5.74) is 0. The summed E-state index contributed by atoms with van der Waals surface area (Å²) >= 11 is 0. The largest absolute Gasteiger partial charge is 0.486 e. The predicted molar refractivity (Wildman–Crippen MR) is 119 cm³/mol. The minimum Gasteiger partial charge on any atom is -0.486 e. The van der Waals surface area contributed by atoms with Crippen LogP contribution in [0.4, 0.5) is 0 Å². The number of hydrogen-bond acceptors (Lipinski definition) is 4. The summed E-state index contributed by atoms with van der Waals surface area (Å²) < 4.78 is 17.5. The van der Waals surface area contributed by atoms with E-state index in [9.17, 15) is 0 Å². The van der Waals surface area contributed by atoms with Crippen molar-refractivity contribution in [1.82, 2.24) is 4.90 Å². The number of nitrogens with zero attached hydrogens (tertiary/aromatic N) is 1. The smallest absolute Gasteiger partial charge is 0.161 e. The lowest BCUT2D eigenvalue weighted by molar-refractivity contribution is 0.0478. The van der Waals surface area contributed by atoms with Crippen molar-refractivity contribution in [3.8, 4) is 11.5 Å². The fourth-order valence-electron chi connectivity index (χ4n) is 4.31. The molecule has 4 nitrogen and oxygen atoms in total. The van der Waals surface area contributed by atoms with Gasteiger partial charge in [-0.05, 0) is 57.5 Å². The van der Waals surface area contributed by atoms with Gasteiger partial charge in [0, 0.05) is 13.0 Å². The fourth-order valence-corrected chi connectivity index (χ4v) is 4.31. The number of unbranched alkanes of at least 4 members (excludes halogenated alkanes) is 7. The molecule has 29 heavy (non-hydrogen) atoms. The summed E-state index contributed by atoms with van der Waals surface area (Å²) in [5, 5.41) is 0. The van der Waals surface area contributed by atoms with Gasteiger partial charge in [-0.2, -0.15) is 0 Å². The average molecular weight is 404 g/mol. The first-order valence-electron chi connectivity index (χ1n) is 12.1. The zero-order valence-electron chi connectivity index (χ0n) is 18.3. The highest BCUT2D eigenvalue weighted by atomic mass is 16.6. The average Bonchev–Trinajstić information content (AvgIpc) is 2.77. The van der Waals surface area contributed by atoms with Crippen molar-refractivity contribution in [1.29, 1.82) is 0 Å². The van der Waals surface area contributed by atoms with Crippen LogP contribution in [0.5, 0.6) is 11.5 Å². The standard InChI is InChI=1S/C25H41NO3/c1(3-5-10-17-26-18-11-7-12-19-26)2-4-6-13-20-27-21-16-23-22-28-24-14-8-9-15-25(24)29-23/h8-9,14-15,23H,1-7,10-13,16-22H2/t23-/m0/s1. The van der Waals surface area contributed by atoms with Crippen LogP contribution in [0.25, 0.3) is 0 Å². The molecule has 2 aliphatic heterocycles. The Hall–Kier alpha value is -1.26. The molecule has 4 heteroatoms. The zero-order chi connectivity index (χ0) is 20.0. The minimum absolute atomic E-state index is 0.111. The molecular formula is C25H41NO3. The Morgan fingerprint density at radius 2 is 1.48 bits per heavy atom. The van der Waals surface area contributed by atoms with E-state index in [-0.39, 0.29) is 6.10 Å². The number of para-hydroxylation sites is 2. The molecule has 1 saturated heterocycles. The number of ether oxygens (including phenoxy) is 3. The Morgan fingerprint density at radius 3 is 2.28 bits per heavy atom. The second-order valence-electron chi connectivity index (χ2n) is 8.63. The van der Waals surface area contributed by atoms with Gasteiger partial charge in [0.15, 0.2) is 11.5 Å². The third kappa shape index (κ3) is 8.96. The normalized spacial score (nSPS) is 19.4. The summed E-state index contributed by atoms with van der Waals surface area (Å²) in [6, 6.07) is 7.88. The summed E-state index contributed by atoms with van der Waals surface area (Å²) in [6.45, 7) is 6.28. The number of rotatable bonds is 14. The lowest BCUT2D eigenvalue weighted by Crippen LogP contribution is -2.30. The molecule has 1 aromatic rings. The molecule has 0 aromatic heterocycles. The van der Waals surface area contributed by atoms with Crippen molar-refractivity contribution in [3.05, 3.63) is 24.3 Å². The third-order valence-corrected chi connectivity index (χ3v) is 6.11. The molecule has 1 atom stereocenters. The highest BCUT2D eigenvalue weighted by Crippen LogP contribution is 2.31. The van der Waals surface area contributed by atoms with Crippen molar-refractivity contribution < 1.29 is 14.2 Å². The maximum Gasteiger partial charge on any atom is 0.161 e. The molecule has 2 heterocycles. The molecule has 0 N–H and O–H groups in total. The Morgan fingerprint density at radius 1 is 0.793 bits per heavy atom. The van der Waals surface area contributed by atoms with Gasteiger partial charge in [0.05, 0.1) is 6.61 Å². The molecule has 0 bridgehead atoms. The van der Waals surface area contributed by atoms with E-state index >= 15 is 0 Å². The maximum absolute atomic E-state index is 5.96. The van der Waals surface area contributed by atoms with Gasteiger partial charge in [0.25, 0.3) is 0 Å². The Bertz CT molecular complexity index is 545. The van der Waals surface area contributed by atoms with Crippen LogP contribution in [0, 0.1) is 0 Å². The molecule has 1 aromatic carbocycles. The fraction of sp³-hybridized carbons (Fsp3) is 0.760. The molecular weight excluding hydrogens is 362 g/mol. The predicted octanol–water partition coefficient (Wildman–Crippen LogP) is 5.84. The Labute approximate surface area is 177 Å². The van der Waals surface area contributed by atoms with E-state index < -0.39 is 0 Å². The Kier molecular flexibility index (Phi) is 10.7. The van der Waals surface area contributed by atoms with Gasteiger partial charge < -0.3 is 19.1 Å². The van der Waals surface area contributed by atoms with Crippen LogP contribution in [-0.4, -0.2) is 50.5 Å². The van der Waals surface area contributed by atoms with Gasteiger partial charge in [0.1, 0.15) is 12.7 Å². The maximum atomic E-state index is 5.96. The van der Waals surface area contributed by atoms with Crippen LogP contribution < -0.4 is 9.47 Å². The summed E-state index contributed by atoms with van der Waals surface area (Å²) in [7, 11) is 0. The third-order valence-electron chi connectivity index (χ3n) is 6.11. The number of piperidine rings is 1. The molecule has 0 saturated carbocycles. The van der Waals surface area contributed by atoms with E-state index in [1.807, 2.05) is 24.3 Å².